The molecule has 2 rings (SSSR count). The summed E-state index contributed by atoms with van der Waals surface area (Å²) in [5.74, 6) is -0.913. The summed E-state index contributed by atoms with van der Waals surface area (Å²) in [4.78, 5) is 1.70. The van der Waals surface area contributed by atoms with Crippen LogP contribution in [0.2, 0.25) is 0 Å². The van der Waals surface area contributed by atoms with Gasteiger partial charge in [0.2, 0.25) is 10.0 Å². The minimum atomic E-state index is -3.89. The summed E-state index contributed by atoms with van der Waals surface area (Å²) in [6, 6.07) is 5.08. The van der Waals surface area contributed by atoms with Gasteiger partial charge < -0.3 is 5.32 Å². The minimum Gasteiger partial charge on any atom is -0.314 e. The number of rotatable bonds is 5. The predicted octanol–water partition coefficient (Wildman–Crippen LogP) is -0.119. The van der Waals surface area contributed by atoms with E-state index in [-0.39, 0.29) is 12.1 Å². The zero-order chi connectivity index (χ0) is 15.3. The number of sulfonamides is 1. The number of hydrogen-bond donors (Lipinski definition) is 2. The van der Waals surface area contributed by atoms with Crippen LogP contribution in [0, 0.1) is 17.1 Å². The molecule has 0 atom stereocenters. The highest BCUT2D eigenvalue weighted by molar-refractivity contribution is 7.89. The van der Waals surface area contributed by atoms with Crippen LogP contribution in [-0.2, 0) is 10.0 Å². The molecule has 2 N–H and O–H groups in total. The van der Waals surface area contributed by atoms with E-state index in [0.29, 0.717) is 6.54 Å². The van der Waals surface area contributed by atoms with Crippen molar-refractivity contribution < 1.29 is 12.8 Å². The van der Waals surface area contributed by atoms with E-state index in [9.17, 15) is 12.8 Å². The topological polar surface area (TPSA) is 85.2 Å². The van der Waals surface area contributed by atoms with E-state index in [2.05, 4.69) is 14.9 Å². The Morgan fingerprint density at radius 1 is 1.38 bits per heavy atom. The Hall–Kier alpha value is -1.53. The average molecular weight is 312 g/mol. The van der Waals surface area contributed by atoms with Crippen LogP contribution in [0.15, 0.2) is 23.1 Å². The zero-order valence-corrected chi connectivity index (χ0v) is 12.3. The first kappa shape index (κ1) is 15.9. The Morgan fingerprint density at radius 2 is 2.10 bits per heavy atom. The summed E-state index contributed by atoms with van der Waals surface area (Å²) in [7, 11) is -3.89. The molecule has 1 saturated heterocycles. The third-order valence-corrected chi connectivity index (χ3v) is 4.77. The fraction of sp³-hybridized carbons (Fsp3) is 0.462. The van der Waals surface area contributed by atoms with Crippen molar-refractivity contribution >= 4 is 10.0 Å². The van der Waals surface area contributed by atoms with Crippen LogP contribution >= 0.6 is 0 Å². The number of halogens is 1. The van der Waals surface area contributed by atoms with E-state index in [1.54, 1.807) is 6.07 Å². The first-order valence-corrected chi connectivity index (χ1v) is 8.13. The van der Waals surface area contributed by atoms with Crippen LogP contribution in [-0.4, -0.2) is 52.6 Å². The largest absolute Gasteiger partial charge is 0.314 e. The second-order valence-corrected chi connectivity index (χ2v) is 6.48. The van der Waals surface area contributed by atoms with Crippen molar-refractivity contribution in [1.82, 2.24) is 14.9 Å². The molecular formula is C13H17FN4O2S. The molecule has 0 unspecified atom stereocenters. The van der Waals surface area contributed by atoms with Crippen molar-refractivity contribution in [3.05, 3.63) is 29.6 Å². The predicted molar refractivity (Wildman–Crippen MR) is 75.6 cm³/mol. The smallest absolute Gasteiger partial charge is 0.243 e. The van der Waals surface area contributed by atoms with E-state index < -0.39 is 20.7 Å². The summed E-state index contributed by atoms with van der Waals surface area (Å²) < 4.78 is 40.2. The highest BCUT2D eigenvalue weighted by Gasteiger charge is 2.19. The van der Waals surface area contributed by atoms with Gasteiger partial charge in [0.05, 0.1) is 11.6 Å². The molecule has 1 aliphatic heterocycles. The fourth-order valence-corrected chi connectivity index (χ4v) is 3.22. The molecule has 1 fully saturated rings. The van der Waals surface area contributed by atoms with E-state index in [1.165, 1.54) is 6.07 Å². The van der Waals surface area contributed by atoms with Gasteiger partial charge in [-0.15, -0.1) is 0 Å². The highest BCUT2D eigenvalue weighted by atomic mass is 32.2. The van der Waals surface area contributed by atoms with Gasteiger partial charge in [0, 0.05) is 39.3 Å². The molecule has 0 bridgehead atoms. The molecule has 0 radical (unpaired) electrons. The van der Waals surface area contributed by atoms with Crippen molar-refractivity contribution in [3.63, 3.8) is 0 Å². The van der Waals surface area contributed by atoms with Crippen molar-refractivity contribution in [2.75, 3.05) is 39.3 Å². The van der Waals surface area contributed by atoms with Gasteiger partial charge >= 0.3 is 0 Å². The van der Waals surface area contributed by atoms with Gasteiger partial charge in [-0.05, 0) is 18.2 Å². The molecule has 1 aliphatic rings. The molecule has 0 saturated carbocycles. The van der Waals surface area contributed by atoms with Crippen LogP contribution in [0.3, 0.4) is 0 Å². The number of nitrogens with one attached hydrogen (secondary N) is 2. The molecule has 0 aromatic heterocycles. The zero-order valence-electron chi connectivity index (χ0n) is 11.5. The second-order valence-electron chi connectivity index (χ2n) is 4.75. The highest BCUT2D eigenvalue weighted by Crippen LogP contribution is 2.15. The molecule has 8 heteroatoms. The van der Waals surface area contributed by atoms with Gasteiger partial charge in [0.1, 0.15) is 10.7 Å². The molecule has 1 heterocycles. The van der Waals surface area contributed by atoms with Crippen LogP contribution in [0.4, 0.5) is 4.39 Å². The van der Waals surface area contributed by atoms with Crippen molar-refractivity contribution in [1.29, 1.82) is 5.26 Å². The maximum Gasteiger partial charge on any atom is 0.243 e. The van der Waals surface area contributed by atoms with Gasteiger partial charge in [-0.1, -0.05) is 0 Å². The van der Waals surface area contributed by atoms with Crippen molar-refractivity contribution in [3.8, 4) is 6.07 Å². The molecule has 0 aliphatic carbocycles. The minimum absolute atomic E-state index is 0.0901. The number of nitriles is 1. The van der Waals surface area contributed by atoms with Gasteiger partial charge in [-0.2, -0.15) is 5.26 Å². The molecule has 6 nitrogen and oxygen atoms in total. The molecule has 0 spiro atoms. The standard InChI is InChI=1S/C13H17FN4O2S/c14-12-9-11(10-15)1-2-13(12)21(19,20)17-5-8-18-6-3-16-4-7-18/h1-2,9,16-17H,3-8H2. The van der Waals surface area contributed by atoms with E-state index >= 15 is 0 Å². The molecule has 114 valence electrons. The summed E-state index contributed by atoms with van der Waals surface area (Å²) in [5.41, 5.74) is 0.0901. The van der Waals surface area contributed by atoms with Crippen molar-refractivity contribution in [2.24, 2.45) is 0 Å². The number of piperazine rings is 1. The first-order chi connectivity index (χ1) is 10.0. The fourth-order valence-electron chi connectivity index (χ4n) is 2.14. The van der Waals surface area contributed by atoms with E-state index in [1.807, 2.05) is 0 Å². The summed E-state index contributed by atoms with van der Waals surface area (Å²) in [6.45, 7) is 4.31. The maximum absolute atomic E-state index is 13.7. The maximum atomic E-state index is 13.7. The Bertz CT molecular complexity index is 636. The van der Waals surface area contributed by atoms with Gasteiger partial charge in [-0.3, -0.25) is 4.90 Å². The molecule has 21 heavy (non-hydrogen) atoms. The van der Waals surface area contributed by atoms with Crippen LogP contribution in [0.25, 0.3) is 0 Å². The third-order valence-electron chi connectivity index (χ3n) is 3.28. The molecule has 0 amide bonds. The number of benzene rings is 1. The summed E-state index contributed by atoms with van der Waals surface area (Å²) in [6.07, 6.45) is 0. The monoisotopic (exact) mass is 312 g/mol. The normalized spacial score (nSPS) is 16.6. The van der Waals surface area contributed by atoms with Crippen LogP contribution in [0.5, 0.6) is 0 Å². The number of nitrogens with zero attached hydrogens (tertiary/aromatic N) is 2. The molecular weight excluding hydrogens is 295 g/mol. The molecule has 1 aromatic rings. The number of hydrogen-bond acceptors (Lipinski definition) is 5. The summed E-state index contributed by atoms with van der Waals surface area (Å²) in [5, 5.41) is 11.9. The lowest BCUT2D eigenvalue weighted by atomic mass is 10.2. The van der Waals surface area contributed by atoms with E-state index in [4.69, 9.17) is 5.26 Å². The van der Waals surface area contributed by atoms with E-state index in [0.717, 1.165) is 38.3 Å². The Balaban J connectivity index is 1.96. The SMILES string of the molecule is N#Cc1ccc(S(=O)(=O)NCCN2CCNCC2)c(F)c1. The first-order valence-electron chi connectivity index (χ1n) is 6.65. The third kappa shape index (κ3) is 4.22. The lowest BCUT2D eigenvalue weighted by Crippen LogP contribution is -2.46. The Labute approximate surface area is 123 Å². The average Bonchev–Trinajstić information content (AvgIpc) is 2.47. The van der Waals surface area contributed by atoms with Crippen molar-refractivity contribution in [2.45, 2.75) is 4.90 Å². The Kier molecular flexibility index (Phi) is 5.25. The summed E-state index contributed by atoms with van der Waals surface area (Å²) >= 11 is 0. The second kappa shape index (κ2) is 6.95. The van der Waals surface area contributed by atoms with Gasteiger partial charge in [0.25, 0.3) is 0 Å². The quantitative estimate of drug-likeness (QED) is 0.792. The van der Waals surface area contributed by atoms with Crippen LogP contribution in [0.1, 0.15) is 5.56 Å². The van der Waals surface area contributed by atoms with Gasteiger partial charge in [-0.25, -0.2) is 17.5 Å². The molecule has 1 aromatic carbocycles. The van der Waals surface area contributed by atoms with Crippen LogP contribution < -0.4 is 10.0 Å². The lowest BCUT2D eigenvalue weighted by Gasteiger charge is -2.27. The lowest BCUT2D eigenvalue weighted by molar-refractivity contribution is 0.245. The Morgan fingerprint density at radius 3 is 2.71 bits per heavy atom. The van der Waals surface area contributed by atoms with Gasteiger partial charge in [0.15, 0.2) is 0 Å².